The van der Waals surface area contributed by atoms with Gasteiger partial charge in [0.05, 0.1) is 0 Å². The predicted octanol–water partition coefficient (Wildman–Crippen LogP) is 4.39. The van der Waals surface area contributed by atoms with E-state index in [1.807, 2.05) is 24.3 Å². The van der Waals surface area contributed by atoms with Gasteiger partial charge in [0.1, 0.15) is 5.75 Å². The first kappa shape index (κ1) is 13.4. The van der Waals surface area contributed by atoms with Gasteiger partial charge in [-0.25, -0.2) is 0 Å². The van der Waals surface area contributed by atoms with E-state index in [-0.39, 0.29) is 16.5 Å². The van der Waals surface area contributed by atoms with Gasteiger partial charge >= 0.3 is 5.97 Å². The number of hydrogen-bond acceptors (Lipinski definition) is 3. The highest BCUT2D eigenvalue weighted by molar-refractivity contribution is 8.36. The number of para-hydroxylation sites is 1. The summed E-state index contributed by atoms with van der Waals surface area (Å²) < 4.78 is 7.63. The van der Waals surface area contributed by atoms with Crippen molar-refractivity contribution < 1.29 is 9.53 Å². The number of ether oxygens (including phenoxy) is 1. The van der Waals surface area contributed by atoms with Crippen LogP contribution in [0.15, 0.2) is 40.0 Å². The van der Waals surface area contributed by atoms with E-state index in [0.717, 1.165) is 17.7 Å². The molecule has 0 N–H and O–H groups in total. The minimum atomic E-state index is -0.135. The number of carbonyl (C=O) groups is 1. The molecular formula is C14H16O2S2. The maximum atomic E-state index is 11.7. The molecule has 1 heterocycles. The molecule has 1 aromatic carbocycles. The Balaban J connectivity index is 2.13. The lowest BCUT2D eigenvalue weighted by Crippen LogP contribution is -2.08. The quantitative estimate of drug-likeness (QED) is 0.454. The molecule has 0 spiro atoms. The van der Waals surface area contributed by atoms with Gasteiger partial charge in [-0.15, -0.1) is 10.5 Å². The predicted molar refractivity (Wildman–Crippen MR) is 80.3 cm³/mol. The zero-order valence-electron chi connectivity index (χ0n) is 10.3. The van der Waals surface area contributed by atoms with Crippen molar-refractivity contribution in [3.8, 4) is 5.75 Å². The number of hydrogen-bond donors (Lipinski definition) is 0. The standard InChI is InChI=1S/C14H16O2S2/c1-2-3-8-14(15)16-12-6-4-5-7-13(12)18-10-9-17-11-18/h4-7,9-11H,2-3,8H2,1H3. The highest BCUT2D eigenvalue weighted by atomic mass is 32.2. The monoisotopic (exact) mass is 280 g/mol. The molecule has 96 valence electrons. The largest absolute Gasteiger partial charge is 0.425 e. The topological polar surface area (TPSA) is 26.3 Å². The zero-order chi connectivity index (χ0) is 12.8. The highest BCUT2D eigenvalue weighted by Gasteiger charge is 2.11. The summed E-state index contributed by atoms with van der Waals surface area (Å²) >= 11 is 1.68. The first-order chi connectivity index (χ1) is 8.81. The van der Waals surface area contributed by atoms with Crippen LogP contribution in [0.25, 0.3) is 0 Å². The third kappa shape index (κ3) is 3.50. The summed E-state index contributed by atoms with van der Waals surface area (Å²) in [5, 5.41) is 4.21. The molecule has 0 amide bonds. The van der Waals surface area contributed by atoms with E-state index in [0.29, 0.717) is 12.2 Å². The molecule has 0 saturated heterocycles. The van der Waals surface area contributed by atoms with E-state index in [2.05, 4.69) is 22.4 Å². The molecular weight excluding hydrogens is 264 g/mol. The summed E-state index contributed by atoms with van der Waals surface area (Å²) in [6.45, 7) is 2.07. The van der Waals surface area contributed by atoms with E-state index in [1.54, 1.807) is 11.8 Å². The smallest absolute Gasteiger partial charge is 0.311 e. The number of carbonyl (C=O) groups excluding carboxylic acids is 1. The zero-order valence-corrected chi connectivity index (χ0v) is 11.9. The van der Waals surface area contributed by atoms with Crippen LogP contribution in [0.5, 0.6) is 5.75 Å². The Morgan fingerprint density at radius 3 is 2.94 bits per heavy atom. The normalized spacial score (nSPS) is 17.5. The van der Waals surface area contributed by atoms with Gasteiger partial charge in [0.15, 0.2) is 0 Å². The fourth-order valence-electron chi connectivity index (χ4n) is 1.57. The Morgan fingerprint density at radius 2 is 2.22 bits per heavy atom. The van der Waals surface area contributed by atoms with Gasteiger partial charge in [-0.1, -0.05) is 37.2 Å². The fourth-order valence-corrected chi connectivity index (χ4v) is 4.43. The van der Waals surface area contributed by atoms with Crippen LogP contribution in [0, 0.1) is 0 Å². The van der Waals surface area contributed by atoms with Crippen molar-refractivity contribution in [2.24, 2.45) is 0 Å². The molecule has 1 aliphatic rings. The summed E-state index contributed by atoms with van der Waals surface area (Å²) in [6.07, 6.45) is 2.38. The molecule has 0 saturated carbocycles. The molecule has 1 aromatic rings. The number of unbranched alkanes of at least 4 members (excludes halogenated alkanes) is 1. The minimum Gasteiger partial charge on any atom is -0.425 e. The van der Waals surface area contributed by atoms with Gasteiger partial charge < -0.3 is 4.74 Å². The third-order valence-electron chi connectivity index (χ3n) is 2.50. The minimum absolute atomic E-state index is 0.0442. The molecule has 2 nitrogen and oxygen atoms in total. The van der Waals surface area contributed by atoms with E-state index >= 15 is 0 Å². The van der Waals surface area contributed by atoms with Crippen molar-refractivity contribution in [3.05, 3.63) is 35.1 Å². The Morgan fingerprint density at radius 1 is 1.39 bits per heavy atom. The van der Waals surface area contributed by atoms with Crippen molar-refractivity contribution in [2.45, 2.75) is 31.1 Å². The van der Waals surface area contributed by atoms with Crippen molar-refractivity contribution in [1.82, 2.24) is 0 Å². The SMILES string of the molecule is CCCCC(=O)Oc1ccccc1S1=CSC=C1. The molecule has 4 heteroatoms. The molecule has 1 atom stereocenters. The second kappa shape index (κ2) is 6.81. The van der Waals surface area contributed by atoms with Crippen LogP contribution < -0.4 is 4.74 Å². The van der Waals surface area contributed by atoms with Crippen LogP contribution >= 0.6 is 22.2 Å². The van der Waals surface area contributed by atoms with E-state index in [9.17, 15) is 4.79 Å². The maximum absolute atomic E-state index is 11.7. The van der Waals surface area contributed by atoms with Crippen LogP contribution in [-0.2, 0) is 4.79 Å². The van der Waals surface area contributed by atoms with E-state index < -0.39 is 0 Å². The van der Waals surface area contributed by atoms with Crippen LogP contribution in [0.3, 0.4) is 0 Å². The Hall–Kier alpha value is -1.00. The summed E-state index contributed by atoms with van der Waals surface area (Å²) in [6, 6.07) is 7.79. The van der Waals surface area contributed by atoms with Crippen molar-refractivity contribution >= 4 is 32.9 Å². The lowest BCUT2D eigenvalue weighted by molar-refractivity contribution is -0.134. The number of esters is 1. The van der Waals surface area contributed by atoms with Crippen LogP contribution in [0.2, 0.25) is 0 Å². The van der Waals surface area contributed by atoms with Gasteiger partial charge in [0, 0.05) is 16.0 Å². The van der Waals surface area contributed by atoms with Crippen LogP contribution in [0.1, 0.15) is 26.2 Å². The summed E-state index contributed by atoms with van der Waals surface area (Å²) in [5.41, 5.74) is 0. The van der Waals surface area contributed by atoms with Crippen LogP contribution in [-0.4, -0.2) is 10.7 Å². The molecule has 2 rings (SSSR count). The second-order valence-corrected chi connectivity index (χ2v) is 6.67. The van der Waals surface area contributed by atoms with Gasteiger partial charge in [0.2, 0.25) is 0 Å². The second-order valence-electron chi connectivity index (χ2n) is 3.90. The van der Waals surface area contributed by atoms with Crippen molar-refractivity contribution in [2.75, 3.05) is 0 Å². The third-order valence-corrected chi connectivity index (χ3v) is 5.52. The summed E-state index contributed by atoms with van der Waals surface area (Å²) in [7, 11) is -0.0442. The maximum Gasteiger partial charge on any atom is 0.311 e. The lowest BCUT2D eigenvalue weighted by atomic mass is 10.2. The van der Waals surface area contributed by atoms with Crippen molar-refractivity contribution in [3.63, 3.8) is 0 Å². The number of rotatable bonds is 5. The molecule has 0 aromatic heterocycles. The molecule has 0 bridgehead atoms. The van der Waals surface area contributed by atoms with Gasteiger partial charge in [-0.2, -0.15) is 0 Å². The molecule has 0 fully saturated rings. The Labute approximate surface area is 114 Å². The molecule has 1 aliphatic heterocycles. The summed E-state index contributed by atoms with van der Waals surface area (Å²) in [4.78, 5) is 12.8. The van der Waals surface area contributed by atoms with Gasteiger partial charge in [-0.3, -0.25) is 4.79 Å². The van der Waals surface area contributed by atoms with E-state index in [1.165, 1.54) is 0 Å². The fraction of sp³-hybridized carbons (Fsp3) is 0.286. The van der Waals surface area contributed by atoms with Crippen LogP contribution in [0.4, 0.5) is 0 Å². The average molecular weight is 280 g/mol. The number of benzene rings is 1. The lowest BCUT2D eigenvalue weighted by Gasteiger charge is -2.10. The van der Waals surface area contributed by atoms with Crippen molar-refractivity contribution in [1.29, 1.82) is 0 Å². The Bertz CT molecular complexity index is 492. The molecule has 1 unspecified atom stereocenters. The summed E-state index contributed by atoms with van der Waals surface area (Å²) in [5.74, 6) is 0.564. The molecule has 18 heavy (non-hydrogen) atoms. The van der Waals surface area contributed by atoms with Gasteiger partial charge in [0.25, 0.3) is 0 Å². The van der Waals surface area contributed by atoms with E-state index in [4.69, 9.17) is 4.74 Å². The molecule has 0 aliphatic carbocycles. The first-order valence-electron chi connectivity index (χ1n) is 5.98. The molecule has 0 radical (unpaired) electrons. The number of thioether (sulfide) groups is 1. The highest BCUT2D eigenvalue weighted by Crippen LogP contribution is 2.40. The Kier molecular flexibility index (Phi) is 5.08. The average Bonchev–Trinajstić information content (AvgIpc) is 2.91. The van der Waals surface area contributed by atoms with Gasteiger partial charge in [-0.05, 0) is 29.4 Å². The first-order valence-corrected chi connectivity index (χ1v) is 8.27.